The lowest BCUT2D eigenvalue weighted by atomic mass is 10.3. The Labute approximate surface area is 111 Å². The molecule has 19 heavy (non-hydrogen) atoms. The highest BCUT2D eigenvalue weighted by Gasteiger charge is 2.05. The summed E-state index contributed by atoms with van der Waals surface area (Å²) >= 11 is 1.11. The Morgan fingerprint density at radius 1 is 1.05 bits per heavy atom. The van der Waals surface area contributed by atoms with E-state index in [-0.39, 0.29) is 11.4 Å². The van der Waals surface area contributed by atoms with E-state index in [4.69, 9.17) is 0 Å². The minimum atomic E-state index is -0.674. The zero-order valence-corrected chi connectivity index (χ0v) is 10.3. The van der Waals surface area contributed by atoms with Crippen molar-refractivity contribution in [2.24, 2.45) is 0 Å². The molecule has 0 aliphatic carbocycles. The number of nitrogens with zero attached hydrogens (tertiary/aromatic N) is 1. The standard InChI is InChI=1S/C12H8F2N2O2S/c13-8-5-9(14)7-10(6-8)15-19-12-3-1-11(2-4-12)16(17)18/h1-7,15H. The largest absolute Gasteiger partial charge is 0.325 e. The first-order chi connectivity index (χ1) is 9.04. The quantitative estimate of drug-likeness (QED) is 0.523. The molecule has 0 bridgehead atoms. The van der Waals surface area contributed by atoms with Gasteiger partial charge in [-0.1, -0.05) is 0 Å². The molecule has 98 valence electrons. The first-order valence-corrected chi connectivity index (χ1v) is 5.99. The van der Waals surface area contributed by atoms with Gasteiger partial charge in [0, 0.05) is 23.1 Å². The van der Waals surface area contributed by atoms with Gasteiger partial charge >= 0.3 is 0 Å². The van der Waals surface area contributed by atoms with Crippen molar-refractivity contribution < 1.29 is 13.7 Å². The van der Waals surface area contributed by atoms with E-state index in [0.717, 1.165) is 30.1 Å². The third kappa shape index (κ3) is 3.65. The number of nitro groups is 1. The Balaban J connectivity index is 2.03. The van der Waals surface area contributed by atoms with Gasteiger partial charge in [-0.15, -0.1) is 0 Å². The van der Waals surface area contributed by atoms with E-state index in [1.54, 1.807) is 12.1 Å². The molecule has 1 N–H and O–H groups in total. The molecule has 7 heteroatoms. The summed E-state index contributed by atoms with van der Waals surface area (Å²) in [6, 6.07) is 8.90. The summed E-state index contributed by atoms with van der Waals surface area (Å²) in [5, 5.41) is 10.5. The molecule has 0 saturated heterocycles. The Hall–Kier alpha value is -2.15. The van der Waals surface area contributed by atoms with Crippen LogP contribution in [-0.4, -0.2) is 4.92 Å². The zero-order chi connectivity index (χ0) is 13.8. The number of hydrogen-bond donors (Lipinski definition) is 1. The van der Waals surface area contributed by atoms with Crippen LogP contribution < -0.4 is 4.72 Å². The lowest BCUT2D eigenvalue weighted by Gasteiger charge is -2.05. The molecule has 0 unspecified atom stereocenters. The van der Waals surface area contributed by atoms with E-state index >= 15 is 0 Å². The highest BCUT2D eigenvalue weighted by atomic mass is 32.2. The molecule has 0 spiro atoms. The number of non-ortho nitro benzene ring substituents is 1. The summed E-state index contributed by atoms with van der Waals surface area (Å²) in [4.78, 5) is 10.7. The van der Waals surface area contributed by atoms with Crippen LogP contribution in [0, 0.1) is 21.7 Å². The molecule has 0 aliphatic heterocycles. The normalized spacial score (nSPS) is 10.2. The highest BCUT2D eigenvalue weighted by molar-refractivity contribution is 8.00. The number of hydrogen-bond acceptors (Lipinski definition) is 4. The average Bonchev–Trinajstić information content (AvgIpc) is 2.36. The average molecular weight is 282 g/mol. The molecule has 2 rings (SSSR count). The summed E-state index contributed by atoms with van der Waals surface area (Å²) in [6.07, 6.45) is 0. The smallest absolute Gasteiger partial charge is 0.269 e. The number of nitro benzene ring substituents is 1. The van der Waals surface area contributed by atoms with Gasteiger partial charge < -0.3 is 4.72 Å². The molecule has 0 fully saturated rings. The van der Waals surface area contributed by atoms with Gasteiger partial charge in [-0.3, -0.25) is 10.1 Å². The molecule has 0 amide bonds. The monoisotopic (exact) mass is 282 g/mol. The summed E-state index contributed by atoms with van der Waals surface area (Å²) in [5.41, 5.74) is 0.266. The van der Waals surface area contributed by atoms with Crippen LogP contribution in [0.25, 0.3) is 0 Å². The zero-order valence-electron chi connectivity index (χ0n) is 9.47. The second-order valence-electron chi connectivity index (χ2n) is 3.61. The minimum absolute atomic E-state index is 0.0128. The van der Waals surface area contributed by atoms with Crippen molar-refractivity contribution in [3.63, 3.8) is 0 Å². The van der Waals surface area contributed by atoms with Crippen molar-refractivity contribution in [3.05, 3.63) is 64.2 Å². The molecule has 0 aromatic heterocycles. The van der Waals surface area contributed by atoms with E-state index < -0.39 is 16.6 Å². The van der Waals surface area contributed by atoms with Gasteiger partial charge in [0.25, 0.3) is 5.69 Å². The van der Waals surface area contributed by atoms with Crippen molar-refractivity contribution in [3.8, 4) is 0 Å². The molecular weight excluding hydrogens is 274 g/mol. The molecule has 2 aromatic carbocycles. The number of benzene rings is 2. The van der Waals surface area contributed by atoms with Crippen LogP contribution in [0.5, 0.6) is 0 Å². The van der Waals surface area contributed by atoms with Crippen molar-refractivity contribution in [1.29, 1.82) is 0 Å². The van der Waals surface area contributed by atoms with Gasteiger partial charge in [-0.05, 0) is 36.2 Å². The van der Waals surface area contributed by atoms with Crippen molar-refractivity contribution >= 4 is 23.3 Å². The van der Waals surface area contributed by atoms with E-state index in [9.17, 15) is 18.9 Å². The van der Waals surface area contributed by atoms with E-state index in [0.29, 0.717) is 4.90 Å². The number of rotatable bonds is 4. The molecule has 0 aliphatic rings. The number of anilines is 1. The van der Waals surface area contributed by atoms with Gasteiger partial charge in [-0.25, -0.2) is 8.78 Å². The van der Waals surface area contributed by atoms with Crippen molar-refractivity contribution in [1.82, 2.24) is 0 Å². The van der Waals surface area contributed by atoms with E-state index in [1.807, 2.05) is 0 Å². The SMILES string of the molecule is O=[N+]([O-])c1ccc(SNc2cc(F)cc(F)c2)cc1. The Morgan fingerprint density at radius 3 is 2.16 bits per heavy atom. The fraction of sp³-hybridized carbons (Fsp3) is 0. The summed E-state index contributed by atoms with van der Waals surface area (Å²) in [7, 11) is 0. The van der Waals surface area contributed by atoms with Crippen LogP contribution in [0.1, 0.15) is 0 Å². The van der Waals surface area contributed by atoms with Crippen LogP contribution in [0.3, 0.4) is 0 Å². The maximum atomic E-state index is 12.9. The van der Waals surface area contributed by atoms with Crippen LogP contribution in [0.2, 0.25) is 0 Å². The first-order valence-electron chi connectivity index (χ1n) is 5.18. The predicted octanol–water partition coefficient (Wildman–Crippen LogP) is 3.99. The topological polar surface area (TPSA) is 55.2 Å². The van der Waals surface area contributed by atoms with Gasteiger partial charge in [0.15, 0.2) is 0 Å². The summed E-state index contributed by atoms with van der Waals surface area (Å²) in [6.45, 7) is 0. The van der Waals surface area contributed by atoms with Crippen LogP contribution in [-0.2, 0) is 0 Å². The molecule has 4 nitrogen and oxygen atoms in total. The van der Waals surface area contributed by atoms with Crippen LogP contribution >= 0.6 is 11.9 Å². The third-order valence-corrected chi connectivity index (χ3v) is 3.04. The summed E-state index contributed by atoms with van der Waals surface area (Å²) in [5.74, 6) is -1.35. The molecule has 0 saturated carbocycles. The number of halogens is 2. The van der Waals surface area contributed by atoms with Crippen molar-refractivity contribution in [2.45, 2.75) is 4.90 Å². The summed E-state index contributed by atoms with van der Waals surface area (Å²) < 4.78 is 28.6. The highest BCUT2D eigenvalue weighted by Crippen LogP contribution is 2.24. The maximum Gasteiger partial charge on any atom is 0.269 e. The fourth-order valence-corrected chi connectivity index (χ4v) is 1.99. The fourth-order valence-electron chi connectivity index (χ4n) is 1.37. The lowest BCUT2D eigenvalue weighted by molar-refractivity contribution is -0.384. The van der Waals surface area contributed by atoms with Gasteiger partial charge in [0.1, 0.15) is 11.6 Å². The van der Waals surface area contributed by atoms with Crippen LogP contribution in [0.15, 0.2) is 47.4 Å². The van der Waals surface area contributed by atoms with Crippen molar-refractivity contribution in [2.75, 3.05) is 4.72 Å². The molecule has 0 radical (unpaired) electrons. The minimum Gasteiger partial charge on any atom is -0.325 e. The third-order valence-electron chi connectivity index (χ3n) is 2.20. The second kappa shape index (κ2) is 5.66. The van der Waals surface area contributed by atoms with Gasteiger partial charge in [0.05, 0.1) is 10.6 Å². The van der Waals surface area contributed by atoms with Crippen LogP contribution in [0.4, 0.5) is 20.2 Å². The number of nitrogens with one attached hydrogen (secondary N) is 1. The van der Waals surface area contributed by atoms with E-state index in [1.165, 1.54) is 12.1 Å². The Morgan fingerprint density at radius 2 is 1.63 bits per heavy atom. The predicted molar refractivity (Wildman–Crippen MR) is 68.9 cm³/mol. The molecule has 0 heterocycles. The Bertz CT molecular complexity index is 585. The second-order valence-corrected chi connectivity index (χ2v) is 4.49. The molecular formula is C12H8F2N2O2S. The maximum absolute atomic E-state index is 12.9. The van der Waals surface area contributed by atoms with E-state index in [2.05, 4.69) is 4.72 Å². The van der Waals surface area contributed by atoms with Gasteiger partial charge in [-0.2, -0.15) is 0 Å². The molecule has 2 aromatic rings. The Kier molecular flexibility index (Phi) is 3.96. The first kappa shape index (κ1) is 13.3. The lowest BCUT2D eigenvalue weighted by Crippen LogP contribution is -1.90. The molecule has 0 atom stereocenters. The van der Waals surface area contributed by atoms with Gasteiger partial charge in [0.2, 0.25) is 0 Å².